The Labute approximate surface area is 261 Å². The van der Waals surface area contributed by atoms with Gasteiger partial charge in [0.2, 0.25) is 11.8 Å². The van der Waals surface area contributed by atoms with Gasteiger partial charge in [-0.25, -0.2) is 8.42 Å². The second-order valence-electron chi connectivity index (χ2n) is 9.49. The Hall–Kier alpha value is -4.05. The van der Waals surface area contributed by atoms with E-state index in [1.165, 1.54) is 24.1 Å². The van der Waals surface area contributed by atoms with Crippen molar-refractivity contribution in [2.45, 2.75) is 30.8 Å². The number of para-hydroxylation sites is 1. The molecule has 0 aliphatic heterocycles. The standard InChI is InChI=1S/C32H31Cl2N3O5S/c1-3-30(32(39)35-2)36(21-27-28(33)15-10-16-29(27)34)31(38)22-37(43(40,41)26-13-8-5-9-14-26)23-17-19-25(20-18-23)42-24-11-6-4-7-12-24/h4-20,30H,3,21-22H2,1-2H3,(H,35,39)/t30-/m0/s1. The van der Waals surface area contributed by atoms with Gasteiger partial charge in [-0.2, -0.15) is 0 Å². The van der Waals surface area contributed by atoms with E-state index in [1.54, 1.807) is 79.7 Å². The molecular weight excluding hydrogens is 609 g/mol. The highest BCUT2D eigenvalue weighted by atomic mass is 35.5. The van der Waals surface area contributed by atoms with Gasteiger partial charge in [0.1, 0.15) is 24.1 Å². The molecule has 4 aromatic rings. The summed E-state index contributed by atoms with van der Waals surface area (Å²) in [6, 6.07) is 27.4. The van der Waals surface area contributed by atoms with Crippen LogP contribution in [0.15, 0.2) is 108 Å². The number of carbonyl (C=O) groups is 2. The van der Waals surface area contributed by atoms with Gasteiger partial charge in [0.25, 0.3) is 10.0 Å². The molecule has 11 heteroatoms. The number of halogens is 2. The number of benzene rings is 4. The van der Waals surface area contributed by atoms with Crippen LogP contribution < -0.4 is 14.4 Å². The zero-order valence-electron chi connectivity index (χ0n) is 23.6. The van der Waals surface area contributed by atoms with Gasteiger partial charge in [0.05, 0.1) is 10.6 Å². The molecule has 0 aliphatic carbocycles. The van der Waals surface area contributed by atoms with E-state index in [0.29, 0.717) is 27.1 Å². The van der Waals surface area contributed by atoms with Crippen LogP contribution in [0.5, 0.6) is 11.5 Å². The molecule has 2 amide bonds. The Kier molecular flexibility index (Phi) is 10.7. The summed E-state index contributed by atoms with van der Waals surface area (Å²) in [5.74, 6) is 0.0846. The first kappa shape index (κ1) is 31.9. The Bertz CT molecular complexity index is 1630. The normalized spacial score (nSPS) is 11.8. The largest absolute Gasteiger partial charge is 0.457 e. The molecule has 1 atom stereocenters. The molecule has 0 bridgehead atoms. The molecule has 43 heavy (non-hydrogen) atoms. The average molecular weight is 641 g/mol. The summed E-state index contributed by atoms with van der Waals surface area (Å²) >= 11 is 12.9. The molecule has 0 aliphatic rings. The highest BCUT2D eigenvalue weighted by Gasteiger charge is 2.34. The smallest absolute Gasteiger partial charge is 0.264 e. The third-order valence-electron chi connectivity index (χ3n) is 6.74. The predicted octanol–water partition coefficient (Wildman–Crippen LogP) is 6.53. The number of rotatable bonds is 12. The van der Waals surface area contributed by atoms with Gasteiger partial charge in [-0.3, -0.25) is 13.9 Å². The van der Waals surface area contributed by atoms with E-state index in [0.717, 1.165) is 4.31 Å². The van der Waals surface area contributed by atoms with Gasteiger partial charge in [-0.1, -0.05) is 72.6 Å². The first-order chi connectivity index (χ1) is 20.6. The van der Waals surface area contributed by atoms with Crippen molar-refractivity contribution >= 4 is 50.7 Å². The molecule has 0 heterocycles. The number of ether oxygens (including phenoxy) is 1. The van der Waals surface area contributed by atoms with Crippen LogP contribution >= 0.6 is 23.2 Å². The molecule has 0 unspecified atom stereocenters. The van der Waals surface area contributed by atoms with E-state index in [2.05, 4.69) is 5.32 Å². The van der Waals surface area contributed by atoms with Crippen LogP contribution in [0, 0.1) is 0 Å². The van der Waals surface area contributed by atoms with Crippen LogP contribution in [0.1, 0.15) is 18.9 Å². The van der Waals surface area contributed by atoms with Gasteiger partial charge >= 0.3 is 0 Å². The number of nitrogens with zero attached hydrogens (tertiary/aromatic N) is 2. The van der Waals surface area contributed by atoms with Crippen molar-refractivity contribution < 1.29 is 22.7 Å². The van der Waals surface area contributed by atoms with Crippen molar-refractivity contribution in [1.82, 2.24) is 10.2 Å². The Morgan fingerprint density at radius 2 is 1.37 bits per heavy atom. The number of anilines is 1. The second kappa shape index (κ2) is 14.4. The molecule has 0 spiro atoms. The van der Waals surface area contributed by atoms with E-state index in [9.17, 15) is 18.0 Å². The number of nitrogens with one attached hydrogen (secondary N) is 1. The van der Waals surface area contributed by atoms with Crippen LogP contribution in [-0.4, -0.2) is 44.8 Å². The minimum atomic E-state index is -4.21. The summed E-state index contributed by atoms with van der Waals surface area (Å²) in [4.78, 5) is 28.3. The molecule has 0 saturated heterocycles. The van der Waals surface area contributed by atoms with Crippen molar-refractivity contribution in [3.05, 3.63) is 119 Å². The minimum Gasteiger partial charge on any atom is -0.457 e. The van der Waals surface area contributed by atoms with Crippen molar-refractivity contribution in [2.75, 3.05) is 17.9 Å². The fraction of sp³-hybridized carbons (Fsp3) is 0.188. The average Bonchev–Trinajstić information content (AvgIpc) is 3.02. The summed E-state index contributed by atoms with van der Waals surface area (Å²) < 4.78 is 34.8. The van der Waals surface area contributed by atoms with Gasteiger partial charge in [0.15, 0.2) is 0 Å². The predicted molar refractivity (Wildman–Crippen MR) is 169 cm³/mol. The Morgan fingerprint density at radius 3 is 1.93 bits per heavy atom. The molecule has 4 aromatic carbocycles. The zero-order valence-corrected chi connectivity index (χ0v) is 25.9. The van der Waals surface area contributed by atoms with Crippen LogP contribution in [0.2, 0.25) is 10.0 Å². The van der Waals surface area contributed by atoms with Gasteiger partial charge < -0.3 is 15.0 Å². The zero-order chi connectivity index (χ0) is 31.0. The fourth-order valence-electron chi connectivity index (χ4n) is 4.49. The van der Waals surface area contributed by atoms with Crippen molar-refractivity contribution in [3.63, 3.8) is 0 Å². The topological polar surface area (TPSA) is 96.0 Å². The number of sulfonamides is 1. The lowest BCUT2D eigenvalue weighted by molar-refractivity contribution is -0.140. The number of carbonyl (C=O) groups excluding carboxylic acids is 2. The molecule has 8 nitrogen and oxygen atoms in total. The molecular formula is C32H31Cl2N3O5S. The monoisotopic (exact) mass is 639 g/mol. The van der Waals surface area contributed by atoms with Crippen LogP contribution in [-0.2, 0) is 26.2 Å². The van der Waals surface area contributed by atoms with E-state index >= 15 is 0 Å². The molecule has 1 N–H and O–H groups in total. The number of likely N-dealkylation sites (N-methyl/N-ethyl adjacent to an activating group) is 1. The third-order valence-corrected chi connectivity index (χ3v) is 9.23. The minimum absolute atomic E-state index is 0.00598. The first-order valence-electron chi connectivity index (χ1n) is 13.5. The first-order valence-corrected chi connectivity index (χ1v) is 15.7. The molecule has 0 saturated carbocycles. The van der Waals surface area contributed by atoms with Crippen molar-refractivity contribution in [2.24, 2.45) is 0 Å². The van der Waals surface area contributed by atoms with Gasteiger partial charge in [-0.05, 0) is 67.1 Å². The number of hydrogen-bond acceptors (Lipinski definition) is 5. The maximum Gasteiger partial charge on any atom is 0.264 e. The summed E-state index contributed by atoms with van der Waals surface area (Å²) in [6.07, 6.45) is 0.268. The maximum absolute atomic E-state index is 14.1. The van der Waals surface area contributed by atoms with Crippen LogP contribution in [0.3, 0.4) is 0 Å². The van der Waals surface area contributed by atoms with E-state index in [4.69, 9.17) is 27.9 Å². The van der Waals surface area contributed by atoms with E-state index in [1.807, 2.05) is 18.2 Å². The molecule has 224 valence electrons. The fourth-order valence-corrected chi connectivity index (χ4v) is 6.45. The van der Waals surface area contributed by atoms with Crippen molar-refractivity contribution in [3.8, 4) is 11.5 Å². The van der Waals surface area contributed by atoms with Gasteiger partial charge in [0, 0.05) is 29.2 Å². The van der Waals surface area contributed by atoms with E-state index < -0.39 is 34.4 Å². The Morgan fingerprint density at radius 1 is 0.814 bits per heavy atom. The quantitative estimate of drug-likeness (QED) is 0.190. The van der Waals surface area contributed by atoms with Gasteiger partial charge in [-0.15, -0.1) is 0 Å². The SMILES string of the molecule is CC[C@@H](C(=O)NC)N(Cc1c(Cl)cccc1Cl)C(=O)CN(c1ccc(Oc2ccccc2)cc1)S(=O)(=O)c1ccccc1. The molecule has 4 rings (SSSR count). The Balaban J connectivity index is 1.73. The molecule has 0 radical (unpaired) electrons. The number of hydrogen-bond donors (Lipinski definition) is 1. The van der Waals surface area contributed by atoms with Crippen LogP contribution in [0.4, 0.5) is 5.69 Å². The summed E-state index contributed by atoms with van der Waals surface area (Å²) in [5, 5.41) is 3.23. The highest BCUT2D eigenvalue weighted by molar-refractivity contribution is 7.92. The lowest BCUT2D eigenvalue weighted by atomic mass is 10.1. The van der Waals surface area contributed by atoms with Crippen LogP contribution in [0.25, 0.3) is 0 Å². The van der Waals surface area contributed by atoms with Crippen molar-refractivity contribution in [1.29, 1.82) is 0 Å². The lowest BCUT2D eigenvalue weighted by Gasteiger charge is -2.33. The third kappa shape index (κ3) is 7.67. The molecule has 0 aromatic heterocycles. The maximum atomic E-state index is 14.1. The summed E-state index contributed by atoms with van der Waals surface area (Å²) in [6.45, 7) is 1.07. The summed E-state index contributed by atoms with van der Waals surface area (Å²) in [5.41, 5.74) is 0.683. The molecule has 0 fully saturated rings. The highest BCUT2D eigenvalue weighted by Crippen LogP contribution is 2.30. The summed E-state index contributed by atoms with van der Waals surface area (Å²) in [7, 11) is -2.74. The number of amides is 2. The lowest BCUT2D eigenvalue weighted by Crippen LogP contribution is -2.51. The second-order valence-corrected chi connectivity index (χ2v) is 12.2. The van der Waals surface area contributed by atoms with E-state index in [-0.39, 0.29) is 23.5 Å².